The van der Waals surface area contributed by atoms with E-state index in [9.17, 15) is 0 Å². The Kier molecular flexibility index (Phi) is 4.05. The number of methoxy groups -OCH3 is 1. The number of nitriles is 1. The molecule has 1 unspecified atom stereocenters. The van der Waals surface area contributed by atoms with Gasteiger partial charge in [0.05, 0.1) is 35.0 Å². The van der Waals surface area contributed by atoms with Gasteiger partial charge in [0, 0.05) is 0 Å². The monoisotopic (exact) mass is 309 g/mol. The van der Waals surface area contributed by atoms with Gasteiger partial charge in [-0.25, -0.2) is 4.98 Å². The van der Waals surface area contributed by atoms with E-state index in [2.05, 4.69) is 11.1 Å². The number of hydrogen-bond acceptors (Lipinski definition) is 5. The molecular formula is C17H15N3OS. The average molecular weight is 309 g/mol. The standard InChI is InChI=1S/C17H15N3OS/c1-21-13-6-7-15-16(9-13)22-17(20-15)14(19)8-11-2-4-12(10-18)5-3-11/h2-7,9,14H,8,19H2,1H3. The van der Waals surface area contributed by atoms with E-state index in [1.165, 1.54) is 0 Å². The molecule has 0 aliphatic rings. The first-order valence-electron chi connectivity index (χ1n) is 6.88. The van der Waals surface area contributed by atoms with Crippen LogP contribution in [0, 0.1) is 11.3 Å². The number of hydrogen-bond donors (Lipinski definition) is 1. The summed E-state index contributed by atoms with van der Waals surface area (Å²) in [4.78, 5) is 4.60. The number of fused-ring (bicyclic) bond motifs is 1. The minimum Gasteiger partial charge on any atom is -0.497 e. The molecule has 0 aliphatic carbocycles. The van der Waals surface area contributed by atoms with Crippen molar-refractivity contribution in [2.24, 2.45) is 5.73 Å². The van der Waals surface area contributed by atoms with Crippen molar-refractivity contribution in [2.45, 2.75) is 12.5 Å². The van der Waals surface area contributed by atoms with Crippen molar-refractivity contribution in [3.8, 4) is 11.8 Å². The number of nitrogens with zero attached hydrogens (tertiary/aromatic N) is 2. The van der Waals surface area contributed by atoms with E-state index in [1.807, 2.05) is 42.5 Å². The van der Waals surface area contributed by atoms with Crippen LogP contribution >= 0.6 is 11.3 Å². The predicted octanol–water partition coefficient (Wildman–Crippen LogP) is 3.42. The first-order valence-corrected chi connectivity index (χ1v) is 7.70. The van der Waals surface area contributed by atoms with Crippen molar-refractivity contribution < 1.29 is 4.74 Å². The van der Waals surface area contributed by atoms with Gasteiger partial charge >= 0.3 is 0 Å². The summed E-state index contributed by atoms with van der Waals surface area (Å²) in [5.74, 6) is 0.823. The number of thiazole rings is 1. The van der Waals surface area contributed by atoms with Crippen molar-refractivity contribution in [1.82, 2.24) is 4.98 Å². The summed E-state index contributed by atoms with van der Waals surface area (Å²) >= 11 is 1.59. The van der Waals surface area contributed by atoms with Gasteiger partial charge in [0.15, 0.2) is 0 Å². The Morgan fingerprint density at radius 1 is 1.27 bits per heavy atom. The lowest BCUT2D eigenvalue weighted by atomic mass is 10.1. The van der Waals surface area contributed by atoms with Crippen molar-refractivity contribution in [1.29, 1.82) is 5.26 Å². The van der Waals surface area contributed by atoms with Crippen molar-refractivity contribution >= 4 is 21.6 Å². The van der Waals surface area contributed by atoms with Gasteiger partial charge in [0.1, 0.15) is 10.8 Å². The fraction of sp³-hybridized carbons (Fsp3) is 0.176. The van der Waals surface area contributed by atoms with E-state index >= 15 is 0 Å². The average Bonchev–Trinajstić information content (AvgIpc) is 2.98. The highest BCUT2D eigenvalue weighted by atomic mass is 32.1. The molecule has 0 amide bonds. The van der Waals surface area contributed by atoms with Crippen LogP contribution in [-0.2, 0) is 6.42 Å². The molecule has 0 radical (unpaired) electrons. The Balaban J connectivity index is 1.81. The lowest BCUT2D eigenvalue weighted by molar-refractivity contribution is 0.415. The van der Waals surface area contributed by atoms with Crippen LogP contribution in [0.4, 0.5) is 0 Å². The number of rotatable bonds is 4. The maximum absolute atomic E-state index is 8.82. The van der Waals surface area contributed by atoms with Crippen LogP contribution in [0.15, 0.2) is 42.5 Å². The summed E-state index contributed by atoms with van der Waals surface area (Å²) in [5, 5.41) is 9.73. The number of aromatic nitrogens is 1. The predicted molar refractivity (Wildman–Crippen MR) is 88.0 cm³/mol. The minimum absolute atomic E-state index is 0.156. The third-order valence-corrected chi connectivity index (χ3v) is 4.62. The van der Waals surface area contributed by atoms with Crippen LogP contribution in [0.3, 0.4) is 0 Å². The van der Waals surface area contributed by atoms with Gasteiger partial charge < -0.3 is 10.5 Å². The smallest absolute Gasteiger partial charge is 0.120 e. The van der Waals surface area contributed by atoms with Gasteiger partial charge in [-0.05, 0) is 42.3 Å². The fourth-order valence-electron chi connectivity index (χ4n) is 2.26. The quantitative estimate of drug-likeness (QED) is 0.801. The third kappa shape index (κ3) is 2.93. The van der Waals surface area contributed by atoms with Gasteiger partial charge in [-0.1, -0.05) is 12.1 Å². The SMILES string of the molecule is COc1ccc2nc(C(N)Cc3ccc(C#N)cc3)sc2c1. The van der Waals surface area contributed by atoms with E-state index in [0.29, 0.717) is 12.0 Å². The van der Waals surface area contributed by atoms with Crippen molar-refractivity contribution in [3.63, 3.8) is 0 Å². The molecule has 0 saturated heterocycles. The molecule has 110 valence electrons. The van der Waals surface area contributed by atoms with Gasteiger partial charge in [0.25, 0.3) is 0 Å². The molecule has 5 heteroatoms. The summed E-state index contributed by atoms with van der Waals surface area (Å²) in [6.07, 6.45) is 0.697. The van der Waals surface area contributed by atoms with Crippen LogP contribution in [-0.4, -0.2) is 12.1 Å². The summed E-state index contributed by atoms with van der Waals surface area (Å²) in [7, 11) is 1.65. The molecule has 0 saturated carbocycles. The van der Waals surface area contributed by atoms with Crippen LogP contribution in [0.25, 0.3) is 10.2 Å². The van der Waals surface area contributed by atoms with Crippen LogP contribution in [0.1, 0.15) is 22.2 Å². The highest BCUT2D eigenvalue weighted by Crippen LogP contribution is 2.29. The zero-order valence-corrected chi connectivity index (χ0v) is 12.9. The largest absolute Gasteiger partial charge is 0.497 e. The van der Waals surface area contributed by atoms with Crippen molar-refractivity contribution in [2.75, 3.05) is 7.11 Å². The first-order chi connectivity index (χ1) is 10.7. The maximum Gasteiger partial charge on any atom is 0.120 e. The zero-order valence-electron chi connectivity index (χ0n) is 12.1. The van der Waals surface area contributed by atoms with Crippen LogP contribution in [0.5, 0.6) is 5.75 Å². The molecular weight excluding hydrogens is 294 g/mol. The van der Waals surface area contributed by atoms with Gasteiger partial charge in [0.2, 0.25) is 0 Å². The summed E-state index contributed by atoms with van der Waals surface area (Å²) in [6.45, 7) is 0. The molecule has 1 atom stereocenters. The molecule has 2 N–H and O–H groups in total. The van der Waals surface area contributed by atoms with E-state index in [-0.39, 0.29) is 6.04 Å². The highest BCUT2D eigenvalue weighted by molar-refractivity contribution is 7.18. The number of nitrogens with two attached hydrogens (primary N) is 1. The Morgan fingerprint density at radius 3 is 2.73 bits per heavy atom. The number of benzene rings is 2. The van der Waals surface area contributed by atoms with E-state index < -0.39 is 0 Å². The molecule has 22 heavy (non-hydrogen) atoms. The Bertz CT molecular complexity index is 833. The second-order valence-corrected chi connectivity index (χ2v) is 6.07. The van der Waals surface area contributed by atoms with Crippen LogP contribution in [0.2, 0.25) is 0 Å². The van der Waals surface area contributed by atoms with Crippen molar-refractivity contribution in [3.05, 3.63) is 58.6 Å². The van der Waals surface area contributed by atoms with Gasteiger partial charge in [-0.2, -0.15) is 5.26 Å². The fourth-order valence-corrected chi connectivity index (χ4v) is 3.26. The number of ether oxygens (including phenoxy) is 1. The molecule has 4 nitrogen and oxygen atoms in total. The molecule has 1 heterocycles. The summed E-state index contributed by atoms with van der Waals surface area (Å²) in [6, 6.07) is 15.3. The van der Waals surface area contributed by atoms with E-state index in [0.717, 1.165) is 26.5 Å². The molecule has 0 aliphatic heterocycles. The zero-order chi connectivity index (χ0) is 15.5. The van der Waals surface area contributed by atoms with E-state index in [1.54, 1.807) is 18.4 Å². The minimum atomic E-state index is -0.156. The first kappa shape index (κ1) is 14.5. The Hall–Kier alpha value is -2.42. The Morgan fingerprint density at radius 2 is 2.05 bits per heavy atom. The molecule has 0 spiro atoms. The molecule has 0 bridgehead atoms. The molecule has 3 aromatic rings. The van der Waals surface area contributed by atoms with Gasteiger partial charge in [-0.15, -0.1) is 11.3 Å². The topological polar surface area (TPSA) is 71.9 Å². The second-order valence-electron chi connectivity index (χ2n) is 5.01. The third-order valence-electron chi connectivity index (χ3n) is 3.47. The molecule has 2 aromatic carbocycles. The molecule has 0 fully saturated rings. The normalized spacial score (nSPS) is 12.0. The van der Waals surface area contributed by atoms with Crippen LogP contribution < -0.4 is 10.5 Å². The van der Waals surface area contributed by atoms with E-state index in [4.69, 9.17) is 15.7 Å². The Labute approximate surface area is 132 Å². The summed E-state index contributed by atoms with van der Waals surface area (Å²) < 4.78 is 6.30. The highest BCUT2D eigenvalue weighted by Gasteiger charge is 2.13. The lowest BCUT2D eigenvalue weighted by Crippen LogP contribution is -2.12. The second kappa shape index (κ2) is 6.14. The summed E-state index contributed by atoms with van der Waals surface area (Å²) in [5.41, 5.74) is 8.98. The van der Waals surface area contributed by atoms with Gasteiger partial charge in [-0.3, -0.25) is 0 Å². The molecule has 3 rings (SSSR count). The molecule has 1 aromatic heterocycles. The lowest BCUT2D eigenvalue weighted by Gasteiger charge is -2.08. The maximum atomic E-state index is 8.82.